The van der Waals surface area contributed by atoms with Gasteiger partial charge in [0, 0.05) is 30.5 Å². The number of carbonyl (C=O) groups is 2. The highest BCUT2D eigenvalue weighted by atomic mass is 16.6. The zero-order valence-electron chi connectivity index (χ0n) is 22.5. The van der Waals surface area contributed by atoms with Gasteiger partial charge in [0.15, 0.2) is 12.2 Å². The van der Waals surface area contributed by atoms with E-state index >= 15 is 0 Å². The minimum absolute atomic E-state index is 0.0545. The van der Waals surface area contributed by atoms with Crippen molar-refractivity contribution in [3.05, 3.63) is 96.5 Å². The molecular weight excluding hydrogens is 510 g/mol. The fourth-order valence-corrected chi connectivity index (χ4v) is 4.16. The summed E-state index contributed by atoms with van der Waals surface area (Å²) in [6.07, 6.45) is 1.84. The number of rotatable bonds is 11. The second-order valence-electron chi connectivity index (χ2n) is 9.02. The second-order valence-corrected chi connectivity index (χ2v) is 9.02. The average molecular weight is 544 g/mol. The Balaban J connectivity index is 1.31. The second kappa shape index (κ2) is 13.8. The number of aromatic nitrogens is 1. The van der Waals surface area contributed by atoms with Crippen LogP contribution in [0.2, 0.25) is 0 Å². The first-order valence-electron chi connectivity index (χ1n) is 13.1. The minimum atomic E-state index is -0.523. The molecule has 0 radical (unpaired) electrons. The van der Waals surface area contributed by atoms with Crippen LogP contribution >= 0.6 is 0 Å². The number of nitrogens with zero attached hydrogens (tertiary/aromatic N) is 2. The van der Waals surface area contributed by atoms with E-state index in [-0.39, 0.29) is 12.3 Å². The van der Waals surface area contributed by atoms with E-state index in [1.54, 1.807) is 30.3 Å². The van der Waals surface area contributed by atoms with Gasteiger partial charge in [-0.2, -0.15) is 0 Å². The van der Waals surface area contributed by atoms with Gasteiger partial charge in [-0.25, -0.2) is 14.6 Å². The Morgan fingerprint density at radius 3 is 2.40 bits per heavy atom. The highest BCUT2D eigenvalue weighted by Crippen LogP contribution is 2.31. The van der Waals surface area contributed by atoms with E-state index in [0.717, 1.165) is 24.2 Å². The number of benzene rings is 3. The Morgan fingerprint density at radius 1 is 0.975 bits per heavy atom. The van der Waals surface area contributed by atoms with Gasteiger partial charge in [0.25, 0.3) is 0 Å². The van der Waals surface area contributed by atoms with Crippen LogP contribution in [-0.2, 0) is 11.3 Å². The quantitative estimate of drug-likeness (QED) is 0.183. The van der Waals surface area contributed by atoms with E-state index in [1.165, 1.54) is 18.7 Å². The van der Waals surface area contributed by atoms with Crippen molar-refractivity contribution in [2.24, 2.45) is 0 Å². The minimum Gasteiger partial charge on any atom is -0.507 e. The molecular formula is C30H33N5O5. The number of ether oxygens (including phenoxy) is 1. The zero-order chi connectivity index (χ0) is 28.3. The van der Waals surface area contributed by atoms with Crippen LogP contribution in [0.25, 0.3) is 11.3 Å². The summed E-state index contributed by atoms with van der Waals surface area (Å²) in [6, 6.07) is 21.0. The van der Waals surface area contributed by atoms with Crippen LogP contribution in [-0.4, -0.2) is 46.7 Å². The first-order valence-corrected chi connectivity index (χ1v) is 13.1. The number of aromatic hydroxyl groups is 1. The fourth-order valence-electron chi connectivity index (χ4n) is 4.16. The molecule has 0 fully saturated rings. The molecule has 3 aromatic carbocycles. The van der Waals surface area contributed by atoms with E-state index in [0.29, 0.717) is 29.2 Å². The van der Waals surface area contributed by atoms with Crippen molar-refractivity contribution >= 4 is 23.5 Å². The number of amides is 3. The summed E-state index contributed by atoms with van der Waals surface area (Å²) < 4.78 is 11.0. The summed E-state index contributed by atoms with van der Waals surface area (Å²) >= 11 is 0. The molecule has 10 nitrogen and oxygen atoms in total. The number of hydrogen-bond acceptors (Lipinski definition) is 7. The summed E-state index contributed by atoms with van der Waals surface area (Å²) in [5.74, 6) is 0.364. The highest BCUT2D eigenvalue weighted by molar-refractivity contribution is 6.00. The lowest BCUT2D eigenvalue weighted by molar-refractivity contribution is 0.0716. The molecule has 1 aromatic heterocycles. The van der Waals surface area contributed by atoms with Crippen LogP contribution in [0.3, 0.4) is 0 Å². The van der Waals surface area contributed by atoms with Crippen molar-refractivity contribution in [2.45, 2.75) is 26.5 Å². The van der Waals surface area contributed by atoms with Gasteiger partial charge < -0.3 is 30.2 Å². The van der Waals surface area contributed by atoms with Gasteiger partial charge in [-0.3, -0.25) is 4.90 Å². The number of hydrogen-bond donors (Lipinski definition) is 4. The number of carbonyl (C=O) groups excluding carboxylic acids is 2. The smallest absolute Gasteiger partial charge is 0.408 e. The lowest BCUT2D eigenvalue weighted by Gasteiger charge is -2.25. The molecule has 0 saturated heterocycles. The third-order valence-corrected chi connectivity index (χ3v) is 6.31. The Morgan fingerprint density at radius 2 is 1.73 bits per heavy atom. The van der Waals surface area contributed by atoms with Crippen molar-refractivity contribution in [1.82, 2.24) is 15.2 Å². The summed E-state index contributed by atoms with van der Waals surface area (Å²) in [5.41, 5.74) is 3.12. The van der Waals surface area contributed by atoms with Crippen LogP contribution in [0.1, 0.15) is 31.1 Å². The summed E-state index contributed by atoms with van der Waals surface area (Å²) in [5, 5.41) is 18.5. The van der Waals surface area contributed by atoms with Crippen molar-refractivity contribution in [2.75, 3.05) is 30.3 Å². The van der Waals surface area contributed by atoms with E-state index in [9.17, 15) is 14.7 Å². The van der Waals surface area contributed by atoms with Crippen LogP contribution < -0.4 is 16.0 Å². The van der Waals surface area contributed by atoms with Crippen molar-refractivity contribution in [3.63, 3.8) is 0 Å². The number of nitrogens with one attached hydrogen (secondary N) is 3. The Labute approximate surface area is 233 Å². The van der Waals surface area contributed by atoms with E-state index < -0.39 is 18.2 Å². The standard InChI is InChI=1S/C30H33N5O5/c1-3-35(4-2)19-28(22-10-6-5-7-11-22)40-30(38)32-17-21-9-8-12-23(15-21)33-29(37)34-24-13-14-25(26(36)16-24)27-18-31-20-39-27/h5-16,18,20,28,36H,3-4,17,19H2,1-2H3,(H,32,38)(H2,33,34,37)/t28-/m0/s1. The van der Waals surface area contributed by atoms with Gasteiger partial charge in [0.2, 0.25) is 0 Å². The Kier molecular flexibility index (Phi) is 9.73. The Hall–Kier alpha value is -4.83. The van der Waals surface area contributed by atoms with Crippen LogP contribution in [0.5, 0.6) is 5.75 Å². The van der Waals surface area contributed by atoms with Gasteiger partial charge in [-0.15, -0.1) is 0 Å². The number of alkyl carbamates (subject to hydrolysis) is 1. The summed E-state index contributed by atoms with van der Waals surface area (Å²) in [4.78, 5) is 31.3. The third-order valence-electron chi connectivity index (χ3n) is 6.31. The number of phenolic OH excluding ortho intramolecular Hbond substituents is 1. The molecule has 1 heterocycles. The monoisotopic (exact) mass is 543 g/mol. The predicted molar refractivity (Wildman–Crippen MR) is 153 cm³/mol. The van der Waals surface area contributed by atoms with Crippen LogP contribution in [0.4, 0.5) is 21.0 Å². The molecule has 0 spiro atoms. The first kappa shape index (κ1) is 28.2. The number of likely N-dealkylation sites (N-methyl/N-ethyl adjacent to an activating group) is 1. The summed E-state index contributed by atoms with van der Waals surface area (Å²) in [7, 11) is 0. The molecule has 4 rings (SSSR count). The molecule has 3 amide bonds. The van der Waals surface area contributed by atoms with Gasteiger partial charge >= 0.3 is 12.1 Å². The van der Waals surface area contributed by atoms with Gasteiger partial charge in [0.05, 0.1) is 11.8 Å². The van der Waals surface area contributed by atoms with E-state index in [1.807, 2.05) is 36.4 Å². The number of anilines is 2. The lowest BCUT2D eigenvalue weighted by atomic mass is 10.1. The Bertz CT molecular complexity index is 1390. The number of oxazole rings is 1. The lowest BCUT2D eigenvalue weighted by Crippen LogP contribution is -2.33. The van der Waals surface area contributed by atoms with Gasteiger partial charge in [0.1, 0.15) is 11.9 Å². The predicted octanol–water partition coefficient (Wildman–Crippen LogP) is 6.00. The molecule has 0 aliphatic carbocycles. The number of phenols is 1. The maximum absolute atomic E-state index is 12.7. The topological polar surface area (TPSA) is 129 Å². The molecule has 0 bridgehead atoms. The van der Waals surface area contributed by atoms with Crippen molar-refractivity contribution < 1.29 is 23.8 Å². The van der Waals surface area contributed by atoms with Gasteiger partial charge in [-0.1, -0.05) is 56.3 Å². The largest absolute Gasteiger partial charge is 0.507 e. The van der Waals surface area contributed by atoms with E-state index in [2.05, 4.69) is 39.7 Å². The molecule has 0 saturated carbocycles. The first-order chi connectivity index (χ1) is 19.4. The van der Waals surface area contributed by atoms with Crippen LogP contribution in [0, 0.1) is 0 Å². The molecule has 10 heteroatoms. The highest BCUT2D eigenvalue weighted by Gasteiger charge is 2.19. The normalized spacial score (nSPS) is 11.6. The molecule has 0 unspecified atom stereocenters. The maximum Gasteiger partial charge on any atom is 0.408 e. The summed E-state index contributed by atoms with van der Waals surface area (Å²) in [6.45, 7) is 6.68. The molecule has 0 aliphatic rings. The molecule has 1 atom stereocenters. The molecule has 4 N–H and O–H groups in total. The zero-order valence-corrected chi connectivity index (χ0v) is 22.5. The maximum atomic E-state index is 12.7. The third kappa shape index (κ3) is 7.84. The van der Waals surface area contributed by atoms with Crippen LogP contribution in [0.15, 0.2) is 89.8 Å². The number of urea groups is 1. The molecule has 208 valence electrons. The fraction of sp³-hybridized carbons (Fsp3) is 0.233. The SMILES string of the molecule is CCN(CC)C[C@H](OC(=O)NCc1cccc(NC(=O)Nc2ccc(-c3cnco3)c(O)c2)c1)c1ccccc1. The van der Waals surface area contributed by atoms with Crippen molar-refractivity contribution in [3.8, 4) is 17.1 Å². The van der Waals surface area contributed by atoms with Crippen molar-refractivity contribution in [1.29, 1.82) is 0 Å². The van der Waals surface area contributed by atoms with Gasteiger partial charge in [-0.05, 0) is 48.5 Å². The molecule has 40 heavy (non-hydrogen) atoms. The molecule has 0 aliphatic heterocycles. The average Bonchev–Trinajstić information content (AvgIpc) is 3.49. The molecule has 4 aromatic rings. The van der Waals surface area contributed by atoms with E-state index in [4.69, 9.17) is 9.15 Å².